The van der Waals surface area contributed by atoms with Crippen molar-refractivity contribution in [3.05, 3.63) is 35.9 Å². The molecule has 11 heavy (non-hydrogen) atoms. The largest absolute Gasteiger partial charge is 0.292 e. The molecule has 0 heterocycles. The SMILES string of the molecule is ClC/C=N/Cc1ccccc1. The van der Waals surface area contributed by atoms with Crippen molar-refractivity contribution in [1.29, 1.82) is 0 Å². The Labute approximate surface area is 71.7 Å². The summed E-state index contributed by atoms with van der Waals surface area (Å²) in [7, 11) is 0. The number of halogens is 1. The van der Waals surface area contributed by atoms with Crippen molar-refractivity contribution >= 4 is 17.8 Å². The molecule has 0 aliphatic carbocycles. The van der Waals surface area contributed by atoms with Gasteiger partial charge in [-0.25, -0.2) is 0 Å². The maximum absolute atomic E-state index is 5.42. The van der Waals surface area contributed by atoms with E-state index >= 15 is 0 Å². The fourth-order valence-corrected chi connectivity index (χ4v) is 0.900. The molecule has 0 saturated carbocycles. The standard InChI is InChI=1S/C9H10ClN/c10-6-7-11-8-9-4-2-1-3-5-9/h1-5,7H,6,8H2/b11-7+. The van der Waals surface area contributed by atoms with E-state index in [0.717, 1.165) is 6.54 Å². The molecular weight excluding hydrogens is 158 g/mol. The summed E-state index contributed by atoms with van der Waals surface area (Å²) in [5, 5.41) is 0. The Morgan fingerprint density at radius 2 is 2.00 bits per heavy atom. The predicted molar refractivity (Wildman–Crippen MR) is 49.4 cm³/mol. The van der Waals surface area contributed by atoms with Gasteiger partial charge in [0.25, 0.3) is 0 Å². The van der Waals surface area contributed by atoms with E-state index in [1.165, 1.54) is 5.56 Å². The van der Waals surface area contributed by atoms with Crippen LogP contribution in [-0.2, 0) is 6.54 Å². The first-order valence-electron chi connectivity index (χ1n) is 3.51. The normalized spacial score (nSPS) is 10.6. The van der Waals surface area contributed by atoms with E-state index in [9.17, 15) is 0 Å². The highest BCUT2D eigenvalue weighted by Gasteiger charge is 1.84. The van der Waals surface area contributed by atoms with Crippen LogP contribution in [0.1, 0.15) is 5.56 Å². The molecule has 0 saturated heterocycles. The van der Waals surface area contributed by atoms with Gasteiger partial charge >= 0.3 is 0 Å². The summed E-state index contributed by atoms with van der Waals surface area (Å²) in [5.41, 5.74) is 1.22. The maximum atomic E-state index is 5.42. The Morgan fingerprint density at radius 1 is 1.27 bits per heavy atom. The predicted octanol–water partition coefficient (Wildman–Crippen LogP) is 2.50. The number of alkyl halides is 1. The minimum absolute atomic E-state index is 0.493. The smallest absolute Gasteiger partial charge is 0.0636 e. The number of hydrogen-bond donors (Lipinski definition) is 0. The molecule has 0 bridgehead atoms. The van der Waals surface area contributed by atoms with Gasteiger partial charge in [-0.2, -0.15) is 0 Å². The van der Waals surface area contributed by atoms with Gasteiger partial charge in [0.15, 0.2) is 0 Å². The summed E-state index contributed by atoms with van der Waals surface area (Å²) in [6.45, 7) is 0.730. The lowest BCUT2D eigenvalue weighted by Gasteiger charge is -1.92. The molecule has 0 aromatic heterocycles. The maximum Gasteiger partial charge on any atom is 0.0636 e. The molecule has 0 atom stereocenters. The van der Waals surface area contributed by atoms with Crippen molar-refractivity contribution in [3.63, 3.8) is 0 Å². The minimum Gasteiger partial charge on any atom is -0.292 e. The van der Waals surface area contributed by atoms with Crippen LogP contribution >= 0.6 is 11.6 Å². The van der Waals surface area contributed by atoms with Crippen LogP contribution in [0.25, 0.3) is 0 Å². The van der Waals surface area contributed by atoms with Gasteiger partial charge in [-0.15, -0.1) is 11.6 Å². The monoisotopic (exact) mass is 167 g/mol. The van der Waals surface area contributed by atoms with Crippen molar-refractivity contribution in [2.75, 3.05) is 5.88 Å². The van der Waals surface area contributed by atoms with Crippen LogP contribution in [0.2, 0.25) is 0 Å². The lowest BCUT2D eigenvalue weighted by atomic mass is 10.2. The molecular formula is C9H10ClN. The first kappa shape index (κ1) is 8.28. The van der Waals surface area contributed by atoms with Crippen molar-refractivity contribution in [3.8, 4) is 0 Å². The van der Waals surface area contributed by atoms with Gasteiger partial charge in [0, 0.05) is 6.21 Å². The Morgan fingerprint density at radius 3 is 2.64 bits per heavy atom. The first-order valence-corrected chi connectivity index (χ1v) is 4.05. The van der Waals surface area contributed by atoms with E-state index in [4.69, 9.17) is 11.6 Å². The third kappa shape index (κ3) is 3.19. The molecule has 2 heteroatoms. The highest BCUT2D eigenvalue weighted by atomic mass is 35.5. The van der Waals surface area contributed by atoms with Crippen LogP contribution in [0.15, 0.2) is 35.3 Å². The van der Waals surface area contributed by atoms with Gasteiger partial charge < -0.3 is 0 Å². The molecule has 0 spiro atoms. The number of nitrogens with zero attached hydrogens (tertiary/aromatic N) is 1. The molecule has 0 radical (unpaired) electrons. The molecule has 0 aliphatic heterocycles. The summed E-state index contributed by atoms with van der Waals surface area (Å²) < 4.78 is 0. The molecule has 0 aliphatic rings. The molecule has 0 amide bonds. The quantitative estimate of drug-likeness (QED) is 0.485. The molecule has 0 unspecified atom stereocenters. The van der Waals surface area contributed by atoms with Gasteiger partial charge in [-0.05, 0) is 5.56 Å². The summed E-state index contributed by atoms with van der Waals surface area (Å²) >= 11 is 5.42. The van der Waals surface area contributed by atoms with E-state index in [-0.39, 0.29) is 0 Å². The second-order valence-corrected chi connectivity index (χ2v) is 2.47. The molecule has 1 rings (SSSR count). The Balaban J connectivity index is 2.45. The van der Waals surface area contributed by atoms with Gasteiger partial charge in [-0.3, -0.25) is 4.99 Å². The van der Waals surface area contributed by atoms with Crippen molar-refractivity contribution in [2.45, 2.75) is 6.54 Å². The lowest BCUT2D eigenvalue weighted by Crippen LogP contribution is -1.81. The van der Waals surface area contributed by atoms with Crippen LogP contribution in [0, 0.1) is 0 Å². The highest BCUT2D eigenvalue weighted by Crippen LogP contribution is 1.98. The van der Waals surface area contributed by atoms with Gasteiger partial charge in [0.2, 0.25) is 0 Å². The molecule has 58 valence electrons. The fraction of sp³-hybridized carbons (Fsp3) is 0.222. The molecule has 0 N–H and O–H groups in total. The molecule has 1 aromatic carbocycles. The molecule has 1 aromatic rings. The van der Waals surface area contributed by atoms with E-state index in [1.54, 1.807) is 6.21 Å². The number of hydrogen-bond acceptors (Lipinski definition) is 1. The van der Waals surface area contributed by atoms with Crippen molar-refractivity contribution in [1.82, 2.24) is 0 Å². The average Bonchev–Trinajstić information content (AvgIpc) is 2.07. The number of rotatable bonds is 3. The van der Waals surface area contributed by atoms with Crippen LogP contribution < -0.4 is 0 Å². The third-order valence-electron chi connectivity index (χ3n) is 1.31. The summed E-state index contributed by atoms with van der Waals surface area (Å²) in [5.74, 6) is 0.493. The fourth-order valence-electron chi connectivity index (χ4n) is 0.802. The Hall–Kier alpha value is -0.820. The van der Waals surface area contributed by atoms with Gasteiger partial charge in [0.1, 0.15) is 0 Å². The zero-order valence-electron chi connectivity index (χ0n) is 6.20. The summed E-state index contributed by atoms with van der Waals surface area (Å²) in [6.07, 6.45) is 1.72. The second-order valence-electron chi connectivity index (χ2n) is 2.16. The minimum atomic E-state index is 0.493. The highest BCUT2D eigenvalue weighted by molar-refractivity contribution is 6.24. The first-order chi connectivity index (χ1) is 5.43. The average molecular weight is 168 g/mol. The number of benzene rings is 1. The topological polar surface area (TPSA) is 12.4 Å². The summed E-state index contributed by atoms with van der Waals surface area (Å²) in [6, 6.07) is 10.1. The van der Waals surface area contributed by atoms with Crippen LogP contribution in [0.4, 0.5) is 0 Å². The zero-order chi connectivity index (χ0) is 7.94. The zero-order valence-corrected chi connectivity index (χ0v) is 6.96. The van der Waals surface area contributed by atoms with E-state index < -0.39 is 0 Å². The third-order valence-corrected chi connectivity index (χ3v) is 1.45. The molecule has 1 nitrogen and oxygen atoms in total. The van der Waals surface area contributed by atoms with E-state index in [2.05, 4.69) is 4.99 Å². The van der Waals surface area contributed by atoms with Crippen molar-refractivity contribution < 1.29 is 0 Å². The van der Waals surface area contributed by atoms with E-state index in [0.29, 0.717) is 5.88 Å². The lowest BCUT2D eigenvalue weighted by molar-refractivity contribution is 1.08. The Kier molecular flexibility index (Phi) is 3.70. The van der Waals surface area contributed by atoms with Crippen LogP contribution in [-0.4, -0.2) is 12.1 Å². The Bertz CT molecular complexity index is 218. The van der Waals surface area contributed by atoms with Crippen molar-refractivity contribution in [2.24, 2.45) is 4.99 Å². The van der Waals surface area contributed by atoms with Gasteiger partial charge in [0.05, 0.1) is 12.4 Å². The van der Waals surface area contributed by atoms with Crippen LogP contribution in [0.3, 0.4) is 0 Å². The number of aliphatic imine (C=N–C) groups is 1. The van der Waals surface area contributed by atoms with Gasteiger partial charge in [-0.1, -0.05) is 30.3 Å². The van der Waals surface area contributed by atoms with Crippen LogP contribution in [0.5, 0.6) is 0 Å². The summed E-state index contributed by atoms with van der Waals surface area (Å²) in [4.78, 5) is 4.10. The molecule has 0 fully saturated rings. The second kappa shape index (κ2) is 4.91. The van der Waals surface area contributed by atoms with E-state index in [1.807, 2.05) is 30.3 Å².